The second-order valence-electron chi connectivity index (χ2n) is 22.1. The number of anilines is 2. The van der Waals surface area contributed by atoms with Crippen molar-refractivity contribution in [2.24, 2.45) is 9.98 Å². The van der Waals surface area contributed by atoms with E-state index in [1.54, 1.807) is 76.8 Å². The zero-order valence-corrected chi connectivity index (χ0v) is 55.9. The Balaban J connectivity index is 0.000000230. The predicted octanol–water partition coefficient (Wildman–Crippen LogP) is 7.40. The summed E-state index contributed by atoms with van der Waals surface area (Å²) in [4.78, 5) is 74.7. The van der Waals surface area contributed by atoms with Gasteiger partial charge in [-0.3, -0.25) is 37.7 Å². The van der Waals surface area contributed by atoms with Crippen molar-refractivity contribution in [2.75, 3.05) is 77.7 Å². The van der Waals surface area contributed by atoms with Crippen LogP contribution in [0.1, 0.15) is 65.2 Å². The highest BCUT2D eigenvalue weighted by Gasteiger charge is 2.38. The number of amides is 2. The molecule has 27 nitrogen and oxygen atoms in total. The van der Waals surface area contributed by atoms with E-state index in [2.05, 4.69) is 17.8 Å². The zero-order valence-electron chi connectivity index (χ0n) is 54.3. The van der Waals surface area contributed by atoms with Crippen LogP contribution < -0.4 is 43.0 Å². The molecule has 0 fully saturated rings. The molecule has 29 heteroatoms. The molecule has 0 radical (unpaired) electrons. The van der Waals surface area contributed by atoms with Gasteiger partial charge < -0.3 is 57.6 Å². The minimum atomic E-state index is -3.66. The lowest BCUT2D eigenvalue weighted by atomic mass is 10.1. The van der Waals surface area contributed by atoms with Gasteiger partial charge in [-0.2, -0.15) is 16.8 Å². The highest BCUT2D eigenvalue weighted by molar-refractivity contribution is 7.86. The maximum atomic E-state index is 13.9. The first-order valence-corrected chi connectivity index (χ1v) is 33.6. The maximum absolute atomic E-state index is 13.9. The Kier molecular flexibility index (Phi) is 23.9. The Morgan fingerprint density at radius 2 is 0.786 bits per heavy atom. The highest BCUT2D eigenvalue weighted by atomic mass is 32.2. The summed E-state index contributed by atoms with van der Waals surface area (Å²) < 4.78 is 107. The number of aliphatic imine (C=N–C) groups is 2. The number of aliphatic hydroxyl groups is 2. The molecular weight excluding hydrogens is 1320 g/mol. The summed E-state index contributed by atoms with van der Waals surface area (Å²) in [5.74, 6) is 0.576. The molecule has 516 valence electrons. The lowest BCUT2D eigenvalue weighted by molar-refractivity contribution is -0.143. The summed E-state index contributed by atoms with van der Waals surface area (Å²) in [6.07, 6.45) is 6.78. The standard InChI is InChI=1S/C45H38N4O9.C13H18O9S2.C11H14O5/c1-53-39-17-33-35(46-21-30-15-28-8-4-6-10-37(28)48(30)44(33)51)19-41(39)57-23-26-12-27(14-32(13-26)56-25-43(50)55-3)24-58-42-20-36-34(18-40(42)54-2)45(52)49-31(22-47-36)16-29-9-5-7-11-38(29)49;1-19-13(14)9-20-12-5-10(7-21-23(2,15)16)4-11(6-12)8-22-24(3,17)18;1-15-11(14)7-16-10-3-8(5-12)2-9(4-10)6-13/h4-14,17-22,30-31H,15-16,23-25H2,1-3H3;4-6H,7-9H2,1-3H3;2-4,12-13H,5-7H2,1H3/t30-,31-;;/m0../s1. The minimum absolute atomic E-state index is 0.0666. The molecule has 11 rings (SSSR count). The van der Waals surface area contributed by atoms with Crippen LogP contribution in [0.3, 0.4) is 0 Å². The van der Waals surface area contributed by atoms with Gasteiger partial charge in [-0.15, -0.1) is 0 Å². The molecule has 7 aromatic carbocycles. The second-order valence-corrected chi connectivity index (χ2v) is 25.4. The van der Waals surface area contributed by atoms with Gasteiger partial charge in [0.2, 0.25) is 0 Å². The largest absolute Gasteiger partial charge is 0.493 e. The number of hydrogen-bond donors (Lipinski definition) is 2. The number of ether oxygens (including phenoxy) is 10. The Labute approximate surface area is 564 Å². The van der Waals surface area contributed by atoms with E-state index < -0.39 is 38.1 Å². The van der Waals surface area contributed by atoms with Gasteiger partial charge >= 0.3 is 17.9 Å². The fourth-order valence-electron chi connectivity index (χ4n) is 10.6. The van der Waals surface area contributed by atoms with E-state index in [1.807, 2.05) is 54.6 Å². The third-order valence-electron chi connectivity index (χ3n) is 15.1. The zero-order chi connectivity index (χ0) is 70.3. The summed E-state index contributed by atoms with van der Waals surface area (Å²) in [5.41, 5.74) is 9.13. The van der Waals surface area contributed by atoms with Gasteiger partial charge in [-0.05, 0) is 111 Å². The molecule has 2 N–H and O–H groups in total. The van der Waals surface area contributed by atoms with E-state index in [0.717, 1.165) is 35.0 Å². The third-order valence-corrected chi connectivity index (χ3v) is 16.2. The summed E-state index contributed by atoms with van der Waals surface area (Å²) in [6.45, 7) is -1.59. The highest BCUT2D eigenvalue weighted by Crippen LogP contribution is 2.43. The Hall–Kier alpha value is -10.4. The van der Waals surface area contributed by atoms with Crippen LogP contribution in [0.4, 0.5) is 22.7 Å². The number of fused-ring (bicyclic) bond motifs is 8. The molecule has 4 aliphatic heterocycles. The van der Waals surface area contributed by atoms with Crippen molar-refractivity contribution in [2.45, 2.75) is 64.6 Å². The summed E-state index contributed by atoms with van der Waals surface area (Å²) >= 11 is 0. The molecule has 4 heterocycles. The van der Waals surface area contributed by atoms with Crippen molar-refractivity contribution in [3.05, 3.63) is 183 Å². The number of esters is 3. The number of nitrogens with zero attached hydrogens (tertiary/aromatic N) is 4. The van der Waals surface area contributed by atoms with Crippen molar-refractivity contribution >= 4 is 85.1 Å². The van der Waals surface area contributed by atoms with E-state index in [4.69, 9.17) is 58.1 Å². The van der Waals surface area contributed by atoms with Gasteiger partial charge in [-0.1, -0.05) is 48.5 Å². The normalized spacial score (nSPS) is 14.5. The first-order chi connectivity index (χ1) is 47.0. The Morgan fingerprint density at radius 1 is 0.449 bits per heavy atom. The van der Waals surface area contributed by atoms with Crippen molar-refractivity contribution in [1.82, 2.24) is 0 Å². The van der Waals surface area contributed by atoms with Crippen molar-refractivity contribution in [3.8, 4) is 40.2 Å². The lowest BCUT2D eigenvalue weighted by Crippen LogP contribution is -2.37. The number of carbonyl (C=O) groups excluding carboxylic acids is 5. The van der Waals surface area contributed by atoms with Crippen LogP contribution in [-0.4, -0.2) is 149 Å². The van der Waals surface area contributed by atoms with Crippen LogP contribution >= 0.6 is 0 Å². The van der Waals surface area contributed by atoms with Gasteiger partial charge in [0.1, 0.15) is 30.5 Å². The molecule has 7 aromatic rings. The van der Waals surface area contributed by atoms with Crippen LogP contribution in [0.25, 0.3) is 0 Å². The monoisotopic (exact) mass is 1390 g/mol. The van der Waals surface area contributed by atoms with E-state index >= 15 is 0 Å². The van der Waals surface area contributed by atoms with Crippen LogP contribution in [0.2, 0.25) is 0 Å². The molecule has 0 aliphatic carbocycles. The van der Waals surface area contributed by atoms with Crippen LogP contribution in [0, 0.1) is 0 Å². The van der Waals surface area contributed by atoms with Crippen LogP contribution in [-0.2, 0) is 110 Å². The number of aliphatic hydroxyl groups excluding tert-OH is 2. The Morgan fingerprint density at radius 3 is 1.12 bits per heavy atom. The predicted molar refractivity (Wildman–Crippen MR) is 355 cm³/mol. The second kappa shape index (κ2) is 32.5. The maximum Gasteiger partial charge on any atom is 0.343 e. The van der Waals surface area contributed by atoms with E-state index in [9.17, 15) is 40.8 Å². The van der Waals surface area contributed by atoms with E-state index in [-0.39, 0.29) is 89.1 Å². The number of para-hydroxylation sites is 2. The van der Waals surface area contributed by atoms with E-state index in [0.29, 0.717) is 103 Å². The molecule has 2 atom stereocenters. The molecule has 2 amide bonds. The smallest absolute Gasteiger partial charge is 0.343 e. The molecule has 0 bridgehead atoms. The van der Waals surface area contributed by atoms with Gasteiger partial charge in [0.05, 0.1) is 109 Å². The number of hydrogen-bond acceptors (Lipinski definition) is 25. The molecule has 0 saturated carbocycles. The molecule has 0 aromatic heterocycles. The fraction of sp³-hybridized carbons (Fsp3) is 0.290. The Bertz CT molecular complexity index is 4190. The number of carbonyl (C=O) groups is 5. The van der Waals surface area contributed by atoms with Gasteiger partial charge in [-0.25, -0.2) is 14.4 Å². The third kappa shape index (κ3) is 18.8. The number of benzene rings is 7. The molecule has 0 saturated heterocycles. The van der Waals surface area contributed by atoms with Crippen LogP contribution in [0.15, 0.2) is 137 Å². The van der Waals surface area contributed by atoms with Gasteiger partial charge in [0, 0.05) is 48.8 Å². The van der Waals surface area contributed by atoms with E-state index in [1.165, 1.54) is 53.7 Å². The summed E-state index contributed by atoms with van der Waals surface area (Å²) in [6, 6.07) is 36.8. The topological polar surface area (TPSA) is 336 Å². The first kappa shape index (κ1) is 71.9. The number of rotatable bonds is 25. The van der Waals surface area contributed by atoms with Crippen molar-refractivity contribution in [3.63, 3.8) is 0 Å². The minimum Gasteiger partial charge on any atom is -0.493 e. The molecule has 4 aliphatic rings. The average Bonchev–Trinajstić information content (AvgIpc) is 1.60. The van der Waals surface area contributed by atoms with Crippen LogP contribution in [0.5, 0.6) is 40.2 Å². The molecule has 98 heavy (non-hydrogen) atoms. The summed E-state index contributed by atoms with van der Waals surface area (Å²) in [5, 5.41) is 18.0. The summed E-state index contributed by atoms with van der Waals surface area (Å²) in [7, 11) is -0.511. The molecule has 0 spiro atoms. The number of methoxy groups -OCH3 is 5. The average molecular weight is 1390 g/mol. The first-order valence-electron chi connectivity index (χ1n) is 30.0. The SMILES string of the molecule is COC(=O)COc1cc(CO)cc(CO)c1.COC(=O)COc1cc(COS(C)(=O)=O)cc(COS(C)(=O)=O)c1.COC(=O)COc1cc(COc2cc3c(cc2OC)C(=O)N2c4ccccc4C[C@H]2C=N3)cc(COc2cc3c(cc2OC)C(=O)N2c4ccccc4C[C@H]2C=N3)c1. The lowest BCUT2D eigenvalue weighted by Gasteiger charge is -2.22. The molecule has 0 unspecified atom stereocenters. The quantitative estimate of drug-likeness (QED) is 0.0319. The van der Waals surface area contributed by atoms with Crippen molar-refractivity contribution < 1.29 is 107 Å². The molecular formula is C69H70N4O23S2. The van der Waals surface area contributed by atoms with Gasteiger partial charge in [0.25, 0.3) is 32.1 Å². The fourth-order valence-corrected chi connectivity index (χ4v) is 11.3. The van der Waals surface area contributed by atoms with Crippen molar-refractivity contribution in [1.29, 1.82) is 0 Å². The van der Waals surface area contributed by atoms with Gasteiger partial charge in [0.15, 0.2) is 42.8 Å².